The summed E-state index contributed by atoms with van der Waals surface area (Å²) in [7, 11) is 0. The first kappa shape index (κ1) is 65.8. The van der Waals surface area contributed by atoms with Crippen molar-refractivity contribution in [1.29, 1.82) is 0 Å². The van der Waals surface area contributed by atoms with Crippen LogP contribution in [-0.4, -0.2) is 39.0 Å². The topological polar surface area (TPSA) is 87.2 Å². The lowest BCUT2D eigenvalue weighted by atomic mass is 10.0. The molecule has 22 rings (SSSR count). The number of hydrogen-bond acceptors (Lipinski definition) is 8. The molecule has 112 heavy (non-hydrogen) atoms. The summed E-state index contributed by atoms with van der Waals surface area (Å²) in [4.78, 5) is 30.4. The molecule has 16 aromatic carbocycles. The predicted molar refractivity (Wildman–Crippen MR) is 468 cm³/mol. The van der Waals surface area contributed by atoms with Gasteiger partial charge in [0.05, 0.1) is 22.1 Å². The summed E-state index contributed by atoms with van der Waals surface area (Å²) in [5, 5.41) is 10.1. The Kier molecular flexibility index (Phi) is 16.4. The van der Waals surface area contributed by atoms with Crippen LogP contribution < -0.4 is 0 Å². The van der Waals surface area contributed by atoms with Crippen molar-refractivity contribution in [3.8, 4) is 124 Å². The third-order valence-electron chi connectivity index (χ3n) is 21.3. The number of thiophene rings is 2. The number of hydrogen-bond donors (Lipinski definition) is 0. The van der Waals surface area contributed by atoms with Gasteiger partial charge in [0.15, 0.2) is 34.9 Å². The first-order valence-electron chi connectivity index (χ1n) is 37.5. The van der Waals surface area contributed by atoms with E-state index in [0.717, 1.165) is 83.5 Å². The maximum atomic E-state index is 5.14. The van der Waals surface area contributed by atoms with Crippen LogP contribution in [0.1, 0.15) is 0 Å². The lowest BCUT2D eigenvalue weighted by Gasteiger charge is -2.12. The molecule has 0 amide bonds. The summed E-state index contributed by atoms with van der Waals surface area (Å²) >= 11 is 3.74. The van der Waals surface area contributed by atoms with Crippen LogP contribution in [0.2, 0.25) is 0 Å². The Morgan fingerprint density at radius 1 is 0.170 bits per heavy atom. The fraction of sp³-hybridized carbons (Fsp3) is 0. The molecule has 22 aromatic rings. The van der Waals surface area contributed by atoms with Gasteiger partial charge in [0.25, 0.3) is 0 Å². The molecule has 0 aliphatic carbocycles. The van der Waals surface area contributed by atoms with E-state index in [-0.39, 0.29) is 0 Å². The number of rotatable bonds is 12. The van der Waals surface area contributed by atoms with Crippen LogP contribution in [-0.2, 0) is 0 Å². The summed E-state index contributed by atoms with van der Waals surface area (Å²) in [5.74, 6) is 3.80. The van der Waals surface area contributed by atoms with Gasteiger partial charge in [-0.05, 0) is 123 Å². The first-order chi connectivity index (χ1) is 55.5. The van der Waals surface area contributed by atoms with E-state index >= 15 is 0 Å². The van der Waals surface area contributed by atoms with E-state index in [1.807, 2.05) is 95.5 Å². The first-order valence-corrected chi connectivity index (χ1v) is 39.2. The molecule has 10 heteroatoms. The summed E-state index contributed by atoms with van der Waals surface area (Å²) in [6, 6.07) is 137. The number of benzene rings is 16. The smallest absolute Gasteiger partial charge is 0.164 e. The van der Waals surface area contributed by atoms with Crippen LogP contribution in [0.25, 0.3) is 208 Å². The number of fused-ring (bicyclic) bond motifs is 12. The van der Waals surface area contributed by atoms with E-state index < -0.39 is 0 Å². The number of nitrogens with zero attached hydrogens (tertiary/aromatic N) is 8. The van der Waals surface area contributed by atoms with Crippen molar-refractivity contribution in [1.82, 2.24) is 39.0 Å². The lowest BCUT2D eigenvalue weighted by molar-refractivity contribution is 1.07. The van der Waals surface area contributed by atoms with Crippen molar-refractivity contribution in [2.45, 2.75) is 0 Å². The largest absolute Gasteiger partial charge is 0.309 e. The van der Waals surface area contributed by atoms with Crippen LogP contribution >= 0.6 is 22.7 Å². The zero-order valence-electron chi connectivity index (χ0n) is 60.3. The van der Waals surface area contributed by atoms with E-state index in [4.69, 9.17) is 29.9 Å². The van der Waals surface area contributed by atoms with Crippen LogP contribution in [0.3, 0.4) is 0 Å². The normalized spacial score (nSPS) is 11.6. The number of aromatic nitrogens is 8. The summed E-state index contributed by atoms with van der Waals surface area (Å²) in [6.07, 6.45) is 0. The highest BCUT2D eigenvalue weighted by Crippen LogP contribution is 2.45. The Balaban J connectivity index is 0.000000141. The second-order valence-electron chi connectivity index (χ2n) is 28.1. The van der Waals surface area contributed by atoms with E-state index in [1.165, 1.54) is 89.7 Å². The van der Waals surface area contributed by atoms with Gasteiger partial charge in [0, 0.05) is 107 Å². The molecule has 6 aromatic heterocycles. The van der Waals surface area contributed by atoms with E-state index in [0.29, 0.717) is 34.9 Å². The fourth-order valence-corrected chi connectivity index (χ4v) is 18.4. The minimum absolute atomic E-state index is 0.625. The van der Waals surface area contributed by atoms with Crippen molar-refractivity contribution in [2.24, 2.45) is 0 Å². The van der Waals surface area contributed by atoms with Gasteiger partial charge in [-0.3, -0.25) is 0 Å². The Labute approximate surface area is 653 Å². The highest BCUT2D eigenvalue weighted by molar-refractivity contribution is 7.26. The summed E-state index contributed by atoms with van der Waals surface area (Å²) < 4.78 is 10.00. The molecule has 0 aliphatic heterocycles. The molecule has 0 aliphatic rings. The van der Waals surface area contributed by atoms with E-state index in [9.17, 15) is 0 Å². The molecule has 0 N–H and O–H groups in total. The molecule has 6 heterocycles. The van der Waals surface area contributed by atoms with E-state index in [1.54, 1.807) is 0 Å². The van der Waals surface area contributed by atoms with Gasteiger partial charge in [0.2, 0.25) is 0 Å². The Morgan fingerprint density at radius 2 is 0.455 bits per heavy atom. The average Bonchev–Trinajstić information content (AvgIpc) is 1.59. The van der Waals surface area contributed by atoms with Gasteiger partial charge in [-0.25, -0.2) is 29.9 Å². The minimum Gasteiger partial charge on any atom is -0.309 e. The SMILES string of the molecule is c1ccc(-c2ccc(-c3nc(-c4ccccc4)nc(-c4cccc(-n5c6ccccc6c6cc(-c7cccc8c7sc7ccccc78)ccc65)c4)n3)cc2)cc1.c1ccc(-c2cccc(-c3nc(-c4ccccc4)nc(-c4cccc(-n5c6ccccc6c6cc(-c7cccc8c7sc7ccccc78)ccc65)c4)n3)c2)cc1. The van der Waals surface area contributed by atoms with Crippen molar-refractivity contribution in [2.75, 3.05) is 0 Å². The van der Waals surface area contributed by atoms with Crippen molar-refractivity contribution in [3.63, 3.8) is 0 Å². The van der Waals surface area contributed by atoms with Gasteiger partial charge < -0.3 is 9.13 Å². The summed E-state index contributed by atoms with van der Waals surface area (Å²) in [5.41, 5.74) is 21.8. The zero-order valence-corrected chi connectivity index (χ0v) is 62.0. The standard InChI is InChI=1S/2C51H32N4S/c1-3-14-33(15-4-1)35-18-11-19-37(30-35)50-52-49(34-16-5-2-6-17-34)53-51(54-50)38-20-12-21-39(31-38)55-45-26-9-7-22-41(45)44-32-36(28-29-46(44)55)40-24-13-25-43-42-23-8-10-27-47(42)56-48(40)43;1-3-13-33(14-4-1)34-25-27-36(28-26-34)50-52-49(35-15-5-2-6-16-35)53-51(54-50)38-17-11-18-39(31-38)55-45-23-9-7-19-41(45)44-32-37(29-30-46(44)55)40-21-12-22-43-42-20-8-10-24-47(42)56-48(40)43/h2*1-32H. The van der Waals surface area contributed by atoms with Gasteiger partial charge >= 0.3 is 0 Å². The maximum absolute atomic E-state index is 5.14. The highest BCUT2D eigenvalue weighted by atomic mass is 32.1. The molecular weight excluding hydrogens is 1400 g/mol. The molecule has 8 nitrogen and oxygen atoms in total. The van der Waals surface area contributed by atoms with Gasteiger partial charge in [0.1, 0.15) is 0 Å². The molecule has 0 saturated carbocycles. The Hall–Kier alpha value is -14.4. The molecular formula is C102H64N8S2. The average molecular weight is 1470 g/mol. The van der Waals surface area contributed by atoms with Crippen LogP contribution in [0.4, 0.5) is 0 Å². The Bertz CT molecular complexity index is 7370. The van der Waals surface area contributed by atoms with Gasteiger partial charge in [-0.1, -0.05) is 309 Å². The molecule has 0 atom stereocenters. The quantitative estimate of drug-likeness (QED) is 0.121. The van der Waals surface area contributed by atoms with Crippen LogP contribution in [0, 0.1) is 0 Å². The highest BCUT2D eigenvalue weighted by Gasteiger charge is 2.22. The van der Waals surface area contributed by atoms with E-state index in [2.05, 4.69) is 325 Å². The maximum Gasteiger partial charge on any atom is 0.164 e. The van der Waals surface area contributed by atoms with Gasteiger partial charge in [-0.2, -0.15) is 0 Å². The molecule has 0 saturated heterocycles. The second-order valence-corrected chi connectivity index (χ2v) is 30.2. The molecule has 0 bridgehead atoms. The van der Waals surface area contributed by atoms with Crippen LogP contribution in [0.5, 0.6) is 0 Å². The Morgan fingerprint density at radius 3 is 0.902 bits per heavy atom. The molecule has 0 fully saturated rings. The van der Waals surface area contributed by atoms with Crippen molar-refractivity contribution < 1.29 is 0 Å². The third-order valence-corrected chi connectivity index (χ3v) is 23.8. The molecule has 0 unspecified atom stereocenters. The van der Waals surface area contributed by atoms with Gasteiger partial charge in [-0.15, -0.1) is 22.7 Å². The zero-order chi connectivity index (χ0) is 74.0. The molecule has 0 radical (unpaired) electrons. The molecule has 0 spiro atoms. The second kappa shape index (κ2) is 28.0. The summed E-state index contributed by atoms with van der Waals surface area (Å²) in [6.45, 7) is 0. The molecule has 524 valence electrons. The lowest BCUT2D eigenvalue weighted by Crippen LogP contribution is -2.01. The predicted octanol–water partition coefficient (Wildman–Crippen LogP) is 27.3. The monoisotopic (exact) mass is 1460 g/mol. The van der Waals surface area contributed by atoms with Crippen LogP contribution in [0.15, 0.2) is 388 Å². The fourth-order valence-electron chi connectivity index (χ4n) is 16.0. The van der Waals surface area contributed by atoms with Crippen molar-refractivity contribution in [3.05, 3.63) is 388 Å². The van der Waals surface area contributed by atoms with Crippen molar-refractivity contribution >= 4 is 107 Å². The third kappa shape index (κ3) is 11.9. The number of para-hydroxylation sites is 2. The minimum atomic E-state index is 0.625.